The molecule has 1 aliphatic carbocycles. The smallest absolute Gasteiger partial charge is 0.225 e. The number of aromatic nitrogens is 2. The maximum Gasteiger partial charge on any atom is 0.225 e. The number of aliphatic hydroxyl groups is 1. The fourth-order valence-electron chi connectivity index (χ4n) is 5.11. The highest BCUT2D eigenvalue weighted by molar-refractivity contribution is 5.41. The number of benzene rings is 1. The second-order valence-electron chi connectivity index (χ2n) is 9.03. The number of anilines is 1. The molecule has 0 amide bonds. The summed E-state index contributed by atoms with van der Waals surface area (Å²) in [7, 11) is 0. The van der Waals surface area contributed by atoms with Crippen molar-refractivity contribution in [3.05, 3.63) is 47.3 Å². The SMILES string of the molecule is CC(c1ccc2c(c1)OCC2)N1CCN(c2ncc(C3(O)CCCCC3)cn2)CC1. The van der Waals surface area contributed by atoms with E-state index >= 15 is 0 Å². The molecule has 2 aromatic rings. The van der Waals surface area contributed by atoms with Gasteiger partial charge >= 0.3 is 0 Å². The van der Waals surface area contributed by atoms with E-state index in [1.54, 1.807) is 0 Å². The van der Waals surface area contributed by atoms with Crippen molar-refractivity contribution < 1.29 is 9.84 Å². The van der Waals surface area contributed by atoms with Crippen molar-refractivity contribution in [2.45, 2.75) is 57.1 Å². The van der Waals surface area contributed by atoms with E-state index < -0.39 is 5.60 Å². The third-order valence-corrected chi connectivity index (χ3v) is 7.20. The first-order chi connectivity index (χ1) is 14.6. The molecule has 1 N–H and O–H groups in total. The Balaban J connectivity index is 1.20. The molecule has 6 heteroatoms. The zero-order valence-corrected chi connectivity index (χ0v) is 17.9. The van der Waals surface area contributed by atoms with Crippen LogP contribution >= 0.6 is 0 Å². The molecular weight excluding hydrogens is 376 g/mol. The average Bonchev–Trinajstić information content (AvgIpc) is 3.27. The van der Waals surface area contributed by atoms with Crippen molar-refractivity contribution in [1.82, 2.24) is 14.9 Å². The highest BCUT2D eigenvalue weighted by Crippen LogP contribution is 2.36. The van der Waals surface area contributed by atoms with Crippen molar-refractivity contribution >= 4 is 5.95 Å². The van der Waals surface area contributed by atoms with Crippen LogP contribution in [-0.2, 0) is 12.0 Å². The van der Waals surface area contributed by atoms with Gasteiger partial charge in [-0.05, 0) is 37.0 Å². The number of fused-ring (bicyclic) bond motifs is 1. The van der Waals surface area contributed by atoms with Crippen LogP contribution in [0.25, 0.3) is 0 Å². The van der Waals surface area contributed by atoms with Crippen LogP contribution in [-0.4, -0.2) is 52.8 Å². The maximum absolute atomic E-state index is 10.9. The van der Waals surface area contributed by atoms with Gasteiger partial charge in [-0.1, -0.05) is 31.4 Å². The van der Waals surface area contributed by atoms with Crippen LogP contribution in [0.5, 0.6) is 5.75 Å². The Labute approximate surface area is 178 Å². The van der Waals surface area contributed by atoms with Crippen molar-refractivity contribution in [3.63, 3.8) is 0 Å². The minimum Gasteiger partial charge on any atom is -0.493 e. The number of hydrogen-bond donors (Lipinski definition) is 1. The maximum atomic E-state index is 10.9. The lowest BCUT2D eigenvalue weighted by molar-refractivity contribution is -0.00123. The number of rotatable bonds is 4. The van der Waals surface area contributed by atoms with Gasteiger partial charge < -0.3 is 14.7 Å². The zero-order chi connectivity index (χ0) is 20.6. The Bertz CT molecular complexity index is 871. The molecule has 0 bridgehead atoms. The predicted molar refractivity (Wildman–Crippen MR) is 117 cm³/mol. The van der Waals surface area contributed by atoms with Gasteiger partial charge in [0.15, 0.2) is 0 Å². The first-order valence-electron chi connectivity index (χ1n) is 11.4. The molecule has 160 valence electrons. The van der Waals surface area contributed by atoms with Gasteiger partial charge in [0.05, 0.1) is 12.2 Å². The van der Waals surface area contributed by atoms with Crippen LogP contribution in [0.2, 0.25) is 0 Å². The first-order valence-corrected chi connectivity index (χ1v) is 11.4. The normalized spacial score (nSPS) is 22.4. The van der Waals surface area contributed by atoms with Crippen LogP contribution in [0.3, 0.4) is 0 Å². The van der Waals surface area contributed by atoms with Crippen LogP contribution < -0.4 is 9.64 Å². The number of piperazine rings is 1. The van der Waals surface area contributed by atoms with E-state index in [1.165, 1.54) is 17.5 Å². The summed E-state index contributed by atoms with van der Waals surface area (Å²) >= 11 is 0. The second kappa shape index (κ2) is 8.16. The topological polar surface area (TPSA) is 61.7 Å². The molecule has 30 heavy (non-hydrogen) atoms. The van der Waals surface area contributed by atoms with Gasteiger partial charge in [-0.25, -0.2) is 9.97 Å². The molecule has 1 saturated carbocycles. The van der Waals surface area contributed by atoms with Crippen LogP contribution in [0, 0.1) is 0 Å². The van der Waals surface area contributed by atoms with E-state index in [2.05, 4.69) is 44.9 Å². The van der Waals surface area contributed by atoms with Crippen LogP contribution in [0.4, 0.5) is 5.95 Å². The van der Waals surface area contributed by atoms with Gasteiger partial charge in [-0.3, -0.25) is 4.90 Å². The largest absolute Gasteiger partial charge is 0.493 e. The van der Waals surface area contributed by atoms with Gasteiger partial charge in [0, 0.05) is 56.6 Å². The zero-order valence-electron chi connectivity index (χ0n) is 17.9. The molecule has 1 aromatic heterocycles. The summed E-state index contributed by atoms with van der Waals surface area (Å²) < 4.78 is 5.75. The summed E-state index contributed by atoms with van der Waals surface area (Å²) in [4.78, 5) is 14.0. The van der Waals surface area contributed by atoms with E-state index in [0.29, 0.717) is 6.04 Å². The van der Waals surface area contributed by atoms with Gasteiger partial charge in [0.1, 0.15) is 5.75 Å². The monoisotopic (exact) mass is 408 g/mol. The fourth-order valence-corrected chi connectivity index (χ4v) is 5.11. The summed E-state index contributed by atoms with van der Waals surface area (Å²) in [5.74, 6) is 1.84. The Morgan fingerprint density at radius 3 is 2.50 bits per heavy atom. The molecule has 1 unspecified atom stereocenters. The molecule has 5 rings (SSSR count). The number of ether oxygens (including phenoxy) is 1. The van der Waals surface area contributed by atoms with Gasteiger partial charge in [-0.2, -0.15) is 0 Å². The van der Waals surface area contributed by atoms with Crippen molar-refractivity contribution in [3.8, 4) is 5.75 Å². The summed E-state index contributed by atoms with van der Waals surface area (Å²) in [6.07, 6.45) is 9.71. The lowest BCUT2D eigenvalue weighted by Gasteiger charge is -2.38. The minimum absolute atomic E-state index is 0.366. The Kier molecular flexibility index (Phi) is 5.37. The Morgan fingerprint density at radius 1 is 1.03 bits per heavy atom. The highest BCUT2D eigenvalue weighted by Gasteiger charge is 2.32. The van der Waals surface area contributed by atoms with Crippen LogP contribution in [0.15, 0.2) is 30.6 Å². The lowest BCUT2D eigenvalue weighted by Crippen LogP contribution is -2.47. The lowest BCUT2D eigenvalue weighted by atomic mass is 9.81. The third-order valence-electron chi connectivity index (χ3n) is 7.20. The minimum atomic E-state index is -0.732. The molecule has 6 nitrogen and oxygen atoms in total. The molecular formula is C24H32N4O2. The summed E-state index contributed by atoms with van der Waals surface area (Å²) in [5, 5.41) is 10.9. The second-order valence-corrected chi connectivity index (χ2v) is 9.03. The Morgan fingerprint density at radius 2 is 1.77 bits per heavy atom. The summed E-state index contributed by atoms with van der Waals surface area (Å²) in [6, 6.07) is 7.06. The fraction of sp³-hybridized carbons (Fsp3) is 0.583. The number of hydrogen-bond acceptors (Lipinski definition) is 6. The van der Waals surface area contributed by atoms with E-state index in [9.17, 15) is 5.11 Å². The molecule has 1 aromatic carbocycles. The standard InChI is InChI=1S/C24H32N4O2/c1-18(20-6-5-19-7-14-30-22(19)15-20)27-10-12-28(13-11-27)23-25-16-21(17-26-23)24(29)8-3-2-4-9-24/h5-6,15-18,29H,2-4,7-14H2,1H3. The first kappa shape index (κ1) is 19.8. The summed E-state index contributed by atoms with van der Waals surface area (Å²) in [6.45, 7) is 6.87. The molecule has 3 aliphatic rings. The van der Waals surface area contributed by atoms with Crippen molar-refractivity contribution in [2.24, 2.45) is 0 Å². The number of nitrogens with zero attached hydrogens (tertiary/aromatic N) is 4. The molecule has 3 heterocycles. The van der Waals surface area contributed by atoms with E-state index in [-0.39, 0.29) is 0 Å². The quantitative estimate of drug-likeness (QED) is 0.836. The summed E-state index contributed by atoms with van der Waals surface area (Å²) in [5.41, 5.74) is 2.79. The van der Waals surface area contributed by atoms with E-state index in [4.69, 9.17) is 4.74 Å². The van der Waals surface area contributed by atoms with E-state index in [0.717, 1.165) is 82.2 Å². The van der Waals surface area contributed by atoms with Crippen molar-refractivity contribution in [1.29, 1.82) is 0 Å². The highest BCUT2D eigenvalue weighted by atomic mass is 16.5. The van der Waals surface area contributed by atoms with Crippen LogP contribution in [0.1, 0.15) is 61.8 Å². The molecule has 2 aliphatic heterocycles. The molecule has 1 atom stereocenters. The third kappa shape index (κ3) is 3.79. The van der Waals surface area contributed by atoms with Gasteiger partial charge in [0.25, 0.3) is 0 Å². The molecule has 2 fully saturated rings. The Hall–Kier alpha value is -2.18. The van der Waals surface area contributed by atoms with E-state index in [1.807, 2.05) is 12.4 Å². The molecule has 1 saturated heterocycles. The van der Waals surface area contributed by atoms with Crippen molar-refractivity contribution in [2.75, 3.05) is 37.7 Å². The van der Waals surface area contributed by atoms with Gasteiger partial charge in [-0.15, -0.1) is 0 Å². The average molecular weight is 409 g/mol. The molecule has 0 radical (unpaired) electrons. The predicted octanol–water partition coefficient (Wildman–Crippen LogP) is 3.45. The van der Waals surface area contributed by atoms with Gasteiger partial charge in [0.2, 0.25) is 5.95 Å². The molecule has 0 spiro atoms.